The molecule has 1 aromatic carbocycles. The third kappa shape index (κ3) is 3.24. The second-order valence-corrected chi connectivity index (χ2v) is 9.53. The summed E-state index contributed by atoms with van der Waals surface area (Å²) < 4.78 is 8.02. The molecular weight excluding hydrogens is 455 g/mol. The average molecular weight is 473 g/mol. The maximum absolute atomic E-state index is 12.2. The van der Waals surface area contributed by atoms with Crippen LogP contribution in [0.15, 0.2) is 46.1 Å². The van der Waals surface area contributed by atoms with Crippen LogP contribution in [-0.4, -0.2) is 56.4 Å². The summed E-state index contributed by atoms with van der Waals surface area (Å²) in [5.74, 6) is -2.09. The first-order valence-corrected chi connectivity index (χ1v) is 11.5. The molecule has 1 fully saturated rings. The minimum absolute atomic E-state index is 0.0420. The number of carbonyl (C=O) groups excluding carboxylic acids is 4. The third-order valence-corrected chi connectivity index (χ3v) is 7.98. The summed E-state index contributed by atoms with van der Waals surface area (Å²) in [5, 5.41) is 0.551. The quantitative estimate of drug-likeness (QED) is 0.361. The number of esters is 1. The molecule has 0 spiro atoms. The van der Waals surface area contributed by atoms with Gasteiger partial charge in [-0.2, -0.15) is 0 Å². The first-order valence-electron chi connectivity index (χ1n) is 9.78. The Bertz CT molecular complexity index is 1030. The van der Waals surface area contributed by atoms with Crippen molar-refractivity contribution >= 4 is 48.9 Å². The van der Waals surface area contributed by atoms with Crippen molar-refractivity contribution in [1.82, 2.24) is 5.06 Å². The number of para-hydroxylation sites is 1. The summed E-state index contributed by atoms with van der Waals surface area (Å²) in [7, 11) is 0. The second kappa shape index (κ2) is 7.41. The summed E-state index contributed by atoms with van der Waals surface area (Å²) in [6.45, 7) is 0.782. The van der Waals surface area contributed by atoms with Crippen LogP contribution < -0.4 is 9.36 Å². The van der Waals surface area contributed by atoms with Crippen molar-refractivity contribution < 1.29 is 28.8 Å². The zero-order valence-corrected chi connectivity index (χ0v) is 17.7. The van der Waals surface area contributed by atoms with Crippen molar-refractivity contribution in [2.75, 3.05) is 11.4 Å². The first-order chi connectivity index (χ1) is 14.5. The van der Waals surface area contributed by atoms with E-state index < -0.39 is 23.8 Å². The van der Waals surface area contributed by atoms with E-state index in [4.69, 9.17) is 9.57 Å². The van der Waals surface area contributed by atoms with Crippen molar-refractivity contribution in [1.29, 1.82) is 0 Å². The van der Waals surface area contributed by atoms with Gasteiger partial charge in [-0.25, -0.2) is 0 Å². The Morgan fingerprint density at radius 2 is 1.93 bits per heavy atom. The minimum atomic E-state index is -0.673. The molecule has 8 nitrogen and oxygen atoms in total. The molecule has 2 amide bonds. The van der Waals surface area contributed by atoms with Crippen LogP contribution in [0, 0.1) is 0 Å². The number of hydrogen-bond acceptors (Lipinski definition) is 7. The number of hydrogen-bond donors (Lipinski definition) is 0. The Labute approximate surface area is 178 Å². The van der Waals surface area contributed by atoms with Crippen LogP contribution >= 0.6 is 0 Å². The molecule has 0 bridgehead atoms. The monoisotopic (exact) mass is 474 g/mol. The summed E-state index contributed by atoms with van der Waals surface area (Å²) in [4.78, 5) is 54.9. The van der Waals surface area contributed by atoms with E-state index in [1.165, 1.54) is 16.2 Å². The van der Waals surface area contributed by atoms with Crippen LogP contribution in [-0.2, 0) is 28.8 Å². The van der Waals surface area contributed by atoms with E-state index in [0.29, 0.717) is 11.5 Å². The van der Waals surface area contributed by atoms with Gasteiger partial charge in [0.25, 0.3) is 0 Å². The molecule has 4 aliphatic rings. The van der Waals surface area contributed by atoms with Gasteiger partial charge in [0.1, 0.15) is 0 Å². The molecule has 0 radical (unpaired) electrons. The summed E-state index contributed by atoms with van der Waals surface area (Å²) in [6, 6.07) is 8.26. The van der Waals surface area contributed by atoms with E-state index >= 15 is 0 Å². The van der Waals surface area contributed by atoms with Crippen molar-refractivity contribution in [2.24, 2.45) is 0 Å². The van der Waals surface area contributed by atoms with Gasteiger partial charge in [0.15, 0.2) is 0 Å². The Kier molecular flexibility index (Phi) is 4.72. The topological polar surface area (TPSA) is 93.2 Å². The number of ether oxygens (including phenoxy) is 1. The molecule has 30 heavy (non-hydrogen) atoms. The summed E-state index contributed by atoms with van der Waals surface area (Å²) in [6.07, 6.45) is 2.17. The van der Waals surface area contributed by atoms with Gasteiger partial charge in [-0.1, -0.05) is 0 Å². The zero-order chi connectivity index (χ0) is 20.8. The maximum atomic E-state index is 12.2. The molecule has 4 heterocycles. The first kappa shape index (κ1) is 19.1. The molecule has 0 saturated carbocycles. The number of anilines is 1. The molecule has 0 aliphatic carbocycles. The van der Waals surface area contributed by atoms with Gasteiger partial charge < -0.3 is 0 Å². The predicted octanol–water partition coefficient (Wildman–Crippen LogP) is 0.691. The Balaban J connectivity index is 1.37. The van der Waals surface area contributed by atoms with E-state index in [9.17, 15) is 19.2 Å². The number of benzene rings is 1. The predicted molar refractivity (Wildman–Crippen MR) is 105 cm³/mol. The Morgan fingerprint density at radius 3 is 2.73 bits per heavy atom. The third-order valence-electron chi connectivity index (χ3n) is 5.47. The fourth-order valence-corrected chi connectivity index (χ4v) is 6.84. The number of imide groups is 1. The van der Waals surface area contributed by atoms with Gasteiger partial charge in [0, 0.05) is 0 Å². The average Bonchev–Trinajstić information content (AvgIpc) is 3.26. The SMILES string of the molecule is O=C1C=C(CCC(=O)ON2C(=O)CCC2=O)C2=C3[Se]c4ccccc4N3CCC2O1. The molecule has 9 heteroatoms. The molecule has 1 atom stereocenters. The van der Waals surface area contributed by atoms with Crippen molar-refractivity contribution in [3.63, 3.8) is 0 Å². The van der Waals surface area contributed by atoms with Crippen LogP contribution in [0.2, 0.25) is 0 Å². The molecule has 4 aliphatic heterocycles. The number of fused-ring (bicyclic) bond motifs is 4. The van der Waals surface area contributed by atoms with Gasteiger partial charge >= 0.3 is 178 Å². The molecule has 0 aromatic heterocycles. The van der Waals surface area contributed by atoms with Gasteiger partial charge in [-0.15, -0.1) is 0 Å². The number of hydroxylamine groups is 2. The molecule has 1 unspecified atom stereocenters. The van der Waals surface area contributed by atoms with E-state index in [1.54, 1.807) is 0 Å². The van der Waals surface area contributed by atoms with Crippen LogP contribution in [0.4, 0.5) is 5.69 Å². The van der Waals surface area contributed by atoms with Gasteiger partial charge in [-0.3, -0.25) is 0 Å². The summed E-state index contributed by atoms with van der Waals surface area (Å²) in [5.41, 5.74) is 2.94. The van der Waals surface area contributed by atoms with Gasteiger partial charge in [0.2, 0.25) is 0 Å². The van der Waals surface area contributed by atoms with E-state index in [0.717, 1.165) is 22.3 Å². The number of carbonyl (C=O) groups is 4. The Hall–Kier alpha value is -2.90. The van der Waals surface area contributed by atoms with E-state index in [2.05, 4.69) is 17.0 Å². The fraction of sp³-hybridized carbons (Fsp3) is 0.333. The number of amides is 2. The molecular formula is C21H18N2O6Se. The fourth-order valence-electron chi connectivity index (χ4n) is 4.09. The van der Waals surface area contributed by atoms with Crippen LogP contribution in [0.3, 0.4) is 0 Å². The van der Waals surface area contributed by atoms with Crippen LogP contribution in [0.1, 0.15) is 32.1 Å². The van der Waals surface area contributed by atoms with Crippen molar-refractivity contribution in [3.8, 4) is 0 Å². The van der Waals surface area contributed by atoms with Gasteiger partial charge in [0.05, 0.1) is 0 Å². The number of rotatable bonds is 4. The zero-order valence-electron chi connectivity index (χ0n) is 16.0. The number of nitrogens with zero attached hydrogens (tertiary/aromatic N) is 2. The summed E-state index contributed by atoms with van der Waals surface area (Å²) >= 11 is 0.0856. The molecule has 1 saturated heterocycles. The molecule has 0 N–H and O–H groups in total. The molecule has 5 rings (SSSR count). The molecule has 1 aromatic rings. The van der Waals surface area contributed by atoms with E-state index in [-0.39, 0.29) is 46.7 Å². The van der Waals surface area contributed by atoms with E-state index in [1.807, 2.05) is 12.1 Å². The molecule has 154 valence electrons. The van der Waals surface area contributed by atoms with Crippen molar-refractivity contribution in [2.45, 2.75) is 38.2 Å². The van der Waals surface area contributed by atoms with Crippen molar-refractivity contribution in [3.05, 3.63) is 46.1 Å². The standard InChI is InChI=1S/C21H18N2O6Se/c24-16-6-7-17(25)23(16)29-18(26)8-5-12-11-19(27)28-14-9-10-22-13-3-1-2-4-15(13)30-21(22)20(12)14/h1-4,11,14H,5-10H2. The Morgan fingerprint density at radius 1 is 1.17 bits per heavy atom. The van der Waals surface area contributed by atoms with Crippen LogP contribution in [0.25, 0.3) is 0 Å². The second-order valence-electron chi connectivity index (χ2n) is 7.37. The normalized spacial score (nSPS) is 22.5. The van der Waals surface area contributed by atoms with Gasteiger partial charge in [-0.05, 0) is 0 Å². The van der Waals surface area contributed by atoms with Crippen LogP contribution in [0.5, 0.6) is 0 Å².